The molecule has 1 amide bonds. The fourth-order valence-electron chi connectivity index (χ4n) is 4.45. The predicted molar refractivity (Wildman–Crippen MR) is 128 cm³/mol. The lowest BCUT2D eigenvalue weighted by molar-refractivity contribution is 0.0599. The van der Waals surface area contributed by atoms with Gasteiger partial charge in [0.25, 0.3) is 5.91 Å². The van der Waals surface area contributed by atoms with Crippen LogP contribution in [0.4, 0.5) is 0 Å². The Labute approximate surface area is 196 Å². The van der Waals surface area contributed by atoms with Gasteiger partial charge in [0.15, 0.2) is 5.43 Å². The molecule has 0 saturated carbocycles. The molecule has 0 bridgehead atoms. The molecule has 0 unspecified atom stereocenters. The zero-order valence-corrected chi connectivity index (χ0v) is 19.1. The normalized spacial score (nSPS) is 15.0. The van der Waals surface area contributed by atoms with Gasteiger partial charge in [-0.1, -0.05) is 53.6 Å². The molecule has 1 aromatic heterocycles. The molecule has 6 heteroatoms. The van der Waals surface area contributed by atoms with Crippen molar-refractivity contribution in [2.45, 2.75) is 26.4 Å². The van der Waals surface area contributed by atoms with E-state index in [9.17, 15) is 14.4 Å². The van der Waals surface area contributed by atoms with Crippen molar-refractivity contribution in [3.05, 3.63) is 116 Å². The van der Waals surface area contributed by atoms with Gasteiger partial charge in [-0.25, -0.2) is 4.79 Å². The monoisotopic (exact) mass is 453 g/mol. The Hall–Kier alpha value is -4.19. The molecule has 0 radical (unpaired) electrons. The van der Waals surface area contributed by atoms with Crippen LogP contribution in [0.15, 0.2) is 75.9 Å². The SMILES string of the molecule is COC(=O)c1ccc([C@H]2c3c(oc4ccc(C)cc4c3=O)C(=O)N2Cc2ccc(C)cc2)cc1. The summed E-state index contributed by atoms with van der Waals surface area (Å²) in [6, 6.07) is 19.4. The topological polar surface area (TPSA) is 76.8 Å². The highest BCUT2D eigenvalue weighted by Gasteiger charge is 2.42. The molecule has 170 valence electrons. The zero-order chi connectivity index (χ0) is 24.0. The maximum atomic E-state index is 13.7. The van der Waals surface area contributed by atoms with Crippen molar-refractivity contribution < 1.29 is 18.7 Å². The van der Waals surface area contributed by atoms with Crippen LogP contribution in [-0.2, 0) is 11.3 Å². The van der Waals surface area contributed by atoms with E-state index >= 15 is 0 Å². The average molecular weight is 453 g/mol. The molecule has 0 N–H and O–H groups in total. The van der Waals surface area contributed by atoms with Gasteiger partial charge in [0.1, 0.15) is 5.58 Å². The van der Waals surface area contributed by atoms with Crippen LogP contribution in [0.2, 0.25) is 0 Å². The van der Waals surface area contributed by atoms with E-state index in [0.29, 0.717) is 34.2 Å². The summed E-state index contributed by atoms with van der Waals surface area (Å²) in [5.41, 5.74) is 4.58. The van der Waals surface area contributed by atoms with Crippen LogP contribution >= 0.6 is 0 Å². The first-order chi connectivity index (χ1) is 16.4. The number of hydrogen-bond donors (Lipinski definition) is 0. The number of aryl methyl sites for hydroxylation is 2. The first-order valence-electron chi connectivity index (χ1n) is 11.0. The number of rotatable bonds is 4. The lowest BCUT2D eigenvalue weighted by atomic mass is 9.97. The molecule has 3 aromatic carbocycles. The number of methoxy groups -OCH3 is 1. The van der Waals surface area contributed by atoms with Crippen molar-refractivity contribution in [2.75, 3.05) is 7.11 Å². The molecule has 4 aromatic rings. The van der Waals surface area contributed by atoms with Crippen molar-refractivity contribution in [1.29, 1.82) is 0 Å². The van der Waals surface area contributed by atoms with Gasteiger partial charge in [-0.3, -0.25) is 9.59 Å². The molecule has 34 heavy (non-hydrogen) atoms. The van der Waals surface area contributed by atoms with Gasteiger partial charge in [0.05, 0.1) is 29.7 Å². The number of hydrogen-bond acceptors (Lipinski definition) is 5. The van der Waals surface area contributed by atoms with Crippen LogP contribution in [-0.4, -0.2) is 23.9 Å². The second-order valence-corrected chi connectivity index (χ2v) is 8.61. The minimum absolute atomic E-state index is 0.0653. The number of fused-ring (bicyclic) bond motifs is 2. The molecule has 0 spiro atoms. The quantitative estimate of drug-likeness (QED) is 0.409. The molecule has 0 fully saturated rings. The van der Waals surface area contributed by atoms with E-state index in [1.165, 1.54) is 7.11 Å². The largest absolute Gasteiger partial charge is 0.465 e. The zero-order valence-electron chi connectivity index (χ0n) is 19.1. The van der Waals surface area contributed by atoms with Crippen molar-refractivity contribution >= 4 is 22.8 Å². The lowest BCUT2D eigenvalue weighted by Crippen LogP contribution is -2.29. The van der Waals surface area contributed by atoms with Gasteiger partial charge in [-0.2, -0.15) is 0 Å². The van der Waals surface area contributed by atoms with Gasteiger partial charge in [-0.05, 0) is 49.2 Å². The molecule has 1 aliphatic heterocycles. The fraction of sp³-hybridized carbons (Fsp3) is 0.179. The summed E-state index contributed by atoms with van der Waals surface area (Å²) in [5.74, 6) is -0.723. The van der Waals surface area contributed by atoms with Crippen molar-refractivity contribution in [3.8, 4) is 0 Å². The summed E-state index contributed by atoms with van der Waals surface area (Å²) in [6.45, 7) is 4.22. The maximum absolute atomic E-state index is 13.7. The molecule has 0 aliphatic carbocycles. The van der Waals surface area contributed by atoms with E-state index in [2.05, 4.69) is 0 Å². The van der Waals surface area contributed by atoms with Crippen molar-refractivity contribution in [1.82, 2.24) is 4.90 Å². The Bertz CT molecular complexity index is 1480. The number of carbonyl (C=O) groups excluding carboxylic acids is 2. The minimum Gasteiger partial charge on any atom is -0.465 e. The lowest BCUT2D eigenvalue weighted by Gasteiger charge is -2.25. The van der Waals surface area contributed by atoms with Crippen LogP contribution < -0.4 is 5.43 Å². The molecule has 2 heterocycles. The van der Waals surface area contributed by atoms with Crippen LogP contribution in [0.5, 0.6) is 0 Å². The third-order valence-corrected chi connectivity index (χ3v) is 6.24. The smallest absolute Gasteiger partial charge is 0.337 e. The summed E-state index contributed by atoms with van der Waals surface area (Å²) < 4.78 is 10.8. The first kappa shape index (κ1) is 21.6. The number of benzene rings is 3. The van der Waals surface area contributed by atoms with Gasteiger partial charge < -0.3 is 14.1 Å². The second kappa shape index (κ2) is 8.30. The summed E-state index contributed by atoms with van der Waals surface area (Å²) >= 11 is 0. The van der Waals surface area contributed by atoms with Crippen molar-refractivity contribution in [2.24, 2.45) is 0 Å². The summed E-state index contributed by atoms with van der Waals surface area (Å²) in [5, 5.41) is 0.444. The number of carbonyl (C=O) groups is 2. The Kier molecular flexibility index (Phi) is 5.28. The minimum atomic E-state index is -0.642. The van der Waals surface area contributed by atoms with Crippen LogP contribution in [0.1, 0.15) is 54.8 Å². The first-order valence-corrected chi connectivity index (χ1v) is 11.0. The Morgan fingerprint density at radius 3 is 2.29 bits per heavy atom. The highest BCUT2D eigenvalue weighted by molar-refractivity contribution is 5.99. The third kappa shape index (κ3) is 3.57. The van der Waals surface area contributed by atoms with Crippen LogP contribution in [0, 0.1) is 13.8 Å². The van der Waals surface area contributed by atoms with Gasteiger partial charge in [-0.15, -0.1) is 0 Å². The molecule has 0 saturated heterocycles. The second-order valence-electron chi connectivity index (χ2n) is 8.61. The molecular formula is C28H23NO5. The van der Waals surface area contributed by atoms with E-state index in [1.54, 1.807) is 41.3 Å². The van der Waals surface area contributed by atoms with Crippen LogP contribution in [0.3, 0.4) is 0 Å². The summed E-state index contributed by atoms with van der Waals surface area (Å²) in [4.78, 5) is 40.8. The van der Waals surface area contributed by atoms with Gasteiger partial charge >= 0.3 is 5.97 Å². The average Bonchev–Trinajstić information content (AvgIpc) is 3.12. The van der Waals surface area contributed by atoms with Gasteiger partial charge in [0, 0.05) is 6.54 Å². The molecule has 5 rings (SSSR count). The number of amides is 1. The third-order valence-electron chi connectivity index (χ3n) is 6.24. The summed E-state index contributed by atoms with van der Waals surface area (Å²) in [6.07, 6.45) is 0. The standard InChI is InChI=1S/C28H23NO5/c1-16-4-7-18(8-5-16)15-29-24(19-9-11-20(12-10-19)28(32)33-3)23-25(30)21-14-17(2)6-13-22(21)34-26(23)27(29)31/h4-14,24H,15H2,1-3H3/t24-/m0/s1. The highest BCUT2D eigenvalue weighted by atomic mass is 16.5. The van der Waals surface area contributed by atoms with Crippen molar-refractivity contribution in [3.63, 3.8) is 0 Å². The maximum Gasteiger partial charge on any atom is 0.337 e. The van der Waals surface area contributed by atoms with Crippen LogP contribution in [0.25, 0.3) is 11.0 Å². The van der Waals surface area contributed by atoms with E-state index in [1.807, 2.05) is 44.2 Å². The fourth-order valence-corrected chi connectivity index (χ4v) is 4.45. The Morgan fingerprint density at radius 2 is 1.62 bits per heavy atom. The molecule has 6 nitrogen and oxygen atoms in total. The predicted octanol–water partition coefficient (Wildman–Crippen LogP) is 4.94. The number of ether oxygens (including phenoxy) is 1. The number of nitrogens with zero attached hydrogens (tertiary/aromatic N) is 1. The Balaban J connectivity index is 1.68. The van der Waals surface area contributed by atoms with E-state index in [-0.39, 0.29) is 17.1 Å². The summed E-state index contributed by atoms with van der Waals surface area (Å²) in [7, 11) is 1.32. The number of esters is 1. The van der Waals surface area contributed by atoms with E-state index < -0.39 is 12.0 Å². The highest BCUT2D eigenvalue weighted by Crippen LogP contribution is 2.39. The van der Waals surface area contributed by atoms with E-state index in [4.69, 9.17) is 9.15 Å². The Morgan fingerprint density at radius 1 is 0.941 bits per heavy atom. The molecule has 1 atom stereocenters. The van der Waals surface area contributed by atoms with E-state index in [0.717, 1.165) is 16.7 Å². The molecule has 1 aliphatic rings. The molecular weight excluding hydrogens is 430 g/mol. The van der Waals surface area contributed by atoms with Gasteiger partial charge in [0.2, 0.25) is 5.76 Å².